The van der Waals surface area contributed by atoms with Crippen LogP contribution in [0.15, 0.2) is 16.1 Å². The summed E-state index contributed by atoms with van der Waals surface area (Å²) in [5.41, 5.74) is 2.62. The molecule has 1 saturated carbocycles. The van der Waals surface area contributed by atoms with E-state index in [0.717, 1.165) is 57.5 Å². The molecule has 1 aliphatic carbocycles. The fourth-order valence-corrected chi connectivity index (χ4v) is 3.65. The average molecular weight is 275 g/mol. The molecule has 1 amide bonds. The number of hydrogen-bond acceptors (Lipinski definition) is 3. The Morgan fingerprint density at radius 2 is 1.85 bits per heavy atom. The van der Waals surface area contributed by atoms with Gasteiger partial charge in [0, 0.05) is 5.92 Å². The molecule has 0 aromatic heterocycles. The molecular weight excluding hydrogens is 250 g/mol. The first-order valence-electron chi connectivity index (χ1n) is 7.88. The Kier molecular flexibility index (Phi) is 3.67. The van der Waals surface area contributed by atoms with Gasteiger partial charge in [0.2, 0.25) is 0 Å². The second-order valence-corrected chi connectivity index (χ2v) is 6.61. The molecule has 2 aliphatic heterocycles. The second-order valence-electron chi connectivity index (χ2n) is 6.61. The summed E-state index contributed by atoms with van der Waals surface area (Å²) in [4.78, 5) is 17.2. The van der Waals surface area contributed by atoms with Crippen molar-refractivity contribution in [1.29, 1.82) is 0 Å². The summed E-state index contributed by atoms with van der Waals surface area (Å²) in [6.07, 6.45) is 6.28. The highest BCUT2D eigenvalue weighted by atomic mass is 16.2. The van der Waals surface area contributed by atoms with Gasteiger partial charge < -0.3 is 10.6 Å². The molecule has 20 heavy (non-hydrogen) atoms. The van der Waals surface area contributed by atoms with E-state index in [4.69, 9.17) is 4.99 Å². The quantitative estimate of drug-likeness (QED) is 0.721. The number of carbonyl (C=O) groups is 1. The Morgan fingerprint density at radius 3 is 2.45 bits per heavy atom. The monoisotopic (exact) mass is 275 g/mol. The highest BCUT2D eigenvalue weighted by Gasteiger charge is 2.45. The number of piperidine rings is 1. The van der Waals surface area contributed by atoms with Gasteiger partial charge >= 0.3 is 0 Å². The smallest absolute Gasteiger partial charge is 0.253 e. The molecule has 1 saturated heterocycles. The molecule has 3 rings (SSSR count). The Bertz CT molecular complexity index is 458. The maximum absolute atomic E-state index is 12.3. The Balaban J connectivity index is 1.71. The SMILES string of the molecule is CC(C)=C1CCC(C2=NC3(CCNCC3)C(=O)N2)CC1. The molecule has 0 atom stereocenters. The first-order chi connectivity index (χ1) is 9.61. The molecular formula is C16H25N3O. The van der Waals surface area contributed by atoms with E-state index >= 15 is 0 Å². The lowest BCUT2D eigenvalue weighted by Crippen LogP contribution is -2.47. The molecule has 2 fully saturated rings. The standard InChI is InChI=1S/C16H25N3O/c1-11(2)12-3-5-13(6-4-12)14-18-15(20)16(19-14)7-9-17-10-8-16/h13,17H,3-10H2,1-2H3,(H,18,19,20). The third-order valence-corrected chi connectivity index (χ3v) is 5.11. The lowest BCUT2D eigenvalue weighted by Gasteiger charge is -2.28. The van der Waals surface area contributed by atoms with Crippen LogP contribution in [0.2, 0.25) is 0 Å². The summed E-state index contributed by atoms with van der Waals surface area (Å²) >= 11 is 0. The number of rotatable bonds is 1. The molecule has 0 bridgehead atoms. The van der Waals surface area contributed by atoms with Gasteiger partial charge in [0.25, 0.3) is 5.91 Å². The minimum absolute atomic E-state index is 0.141. The number of amidine groups is 1. The van der Waals surface area contributed by atoms with Crippen molar-refractivity contribution in [2.75, 3.05) is 13.1 Å². The van der Waals surface area contributed by atoms with Crippen molar-refractivity contribution in [3.8, 4) is 0 Å². The summed E-state index contributed by atoms with van der Waals surface area (Å²) < 4.78 is 0. The third-order valence-electron chi connectivity index (χ3n) is 5.11. The van der Waals surface area contributed by atoms with Crippen LogP contribution in [-0.4, -0.2) is 30.4 Å². The van der Waals surface area contributed by atoms with E-state index in [0.29, 0.717) is 5.92 Å². The van der Waals surface area contributed by atoms with Crippen LogP contribution in [0.25, 0.3) is 0 Å². The summed E-state index contributed by atoms with van der Waals surface area (Å²) in [5.74, 6) is 1.57. The van der Waals surface area contributed by atoms with E-state index in [-0.39, 0.29) is 5.91 Å². The van der Waals surface area contributed by atoms with Crippen LogP contribution >= 0.6 is 0 Å². The van der Waals surface area contributed by atoms with Gasteiger partial charge in [-0.2, -0.15) is 0 Å². The van der Waals surface area contributed by atoms with Crippen LogP contribution < -0.4 is 10.6 Å². The second kappa shape index (κ2) is 5.32. The third kappa shape index (κ3) is 2.41. The van der Waals surface area contributed by atoms with Crippen molar-refractivity contribution in [2.24, 2.45) is 10.9 Å². The van der Waals surface area contributed by atoms with Crippen LogP contribution in [0.1, 0.15) is 52.4 Å². The largest absolute Gasteiger partial charge is 0.317 e. The molecule has 1 spiro atoms. The summed E-state index contributed by atoms with van der Waals surface area (Å²) in [6.45, 7) is 6.21. The van der Waals surface area contributed by atoms with Gasteiger partial charge in [0.15, 0.2) is 0 Å². The Morgan fingerprint density at radius 1 is 1.20 bits per heavy atom. The molecule has 4 nitrogen and oxygen atoms in total. The van der Waals surface area contributed by atoms with E-state index in [9.17, 15) is 4.79 Å². The van der Waals surface area contributed by atoms with Gasteiger partial charge in [0.05, 0.1) is 0 Å². The molecule has 3 aliphatic rings. The van der Waals surface area contributed by atoms with Crippen molar-refractivity contribution in [3.05, 3.63) is 11.1 Å². The fourth-order valence-electron chi connectivity index (χ4n) is 3.65. The Hall–Kier alpha value is -1.16. The Labute approximate surface area is 121 Å². The summed E-state index contributed by atoms with van der Waals surface area (Å²) in [6, 6.07) is 0. The van der Waals surface area contributed by atoms with Gasteiger partial charge in [0.1, 0.15) is 11.4 Å². The van der Waals surface area contributed by atoms with Gasteiger partial charge in [-0.3, -0.25) is 9.79 Å². The number of nitrogens with zero attached hydrogens (tertiary/aromatic N) is 1. The zero-order valence-electron chi connectivity index (χ0n) is 12.6. The number of allylic oxidation sites excluding steroid dienone is 2. The van der Waals surface area contributed by atoms with E-state index in [1.165, 1.54) is 5.57 Å². The van der Waals surface area contributed by atoms with E-state index in [1.54, 1.807) is 5.57 Å². The predicted molar refractivity (Wildman–Crippen MR) is 80.7 cm³/mol. The maximum Gasteiger partial charge on any atom is 0.253 e. The predicted octanol–water partition coefficient (Wildman–Crippen LogP) is 2.16. The molecule has 2 heterocycles. The average Bonchev–Trinajstić information content (AvgIpc) is 2.77. The van der Waals surface area contributed by atoms with Crippen LogP contribution in [0.5, 0.6) is 0 Å². The van der Waals surface area contributed by atoms with Crippen molar-refractivity contribution < 1.29 is 4.79 Å². The van der Waals surface area contributed by atoms with E-state index in [1.807, 2.05) is 0 Å². The number of aliphatic imine (C=N–C) groups is 1. The molecule has 0 aromatic rings. The first-order valence-corrected chi connectivity index (χ1v) is 7.88. The van der Waals surface area contributed by atoms with Crippen molar-refractivity contribution in [3.63, 3.8) is 0 Å². The minimum atomic E-state index is -0.447. The van der Waals surface area contributed by atoms with Crippen LogP contribution in [0.4, 0.5) is 0 Å². The molecule has 110 valence electrons. The zero-order chi connectivity index (χ0) is 14.2. The molecule has 0 aromatic carbocycles. The first kappa shape index (κ1) is 13.8. The van der Waals surface area contributed by atoms with Crippen LogP contribution in [0.3, 0.4) is 0 Å². The van der Waals surface area contributed by atoms with Crippen molar-refractivity contribution in [1.82, 2.24) is 10.6 Å². The number of hydrogen-bond donors (Lipinski definition) is 2. The maximum atomic E-state index is 12.3. The molecule has 0 unspecified atom stereocenters. The summed E-state index contributed by atoms with van der Waals surface area (Å²) in [7, 11) is 0. The van der Waals surface area contributed by atoms with Crippen molar-refractivity contribution in [2.45, 2.75) is 57.9 Å². The summed E-state index contributed by atoms with van der Waals surface area (Å²) in [5, 5.41) is 6.41. The lowest BCUT2D eigenvalue weighted by molar-refractivity contribution is -0.124. The van der Waals surface area contributed by atoms with Gasteiger partial charge in [-0.05, 0) is 65.5 Å². The number of amides is 1. The number of carbonyl (C=O) groups excluding carboxylic acids is 1. The molecule has 2 N–H and O–H groups in total. The normalized spacial score (nSPS) is 29.3. The zero-order valence-corrected chi connectivity index (χ0v) is 12.6. The number of nitrogens with one attached hydrogen (secondary N) is 2. The lowest BCUT2D eigenvalue weighted by atomic mass is 9.83. The highest BCUT2D eigenvalue weighted by molar-refractivity contribution is 6.09. The highest BCUT2D eigenvalue weighted by Crippen LogP contribution is 2.34. The van der Waals surface area contributed by atoms with Crippen molar-refractivity contribution >= 4 is 11.7 Å². The molecule has 0 radical (unpaired) electrons. The van der Waals surface area contributed by atoms with Crippen LogP contribution in [0, 0.1) is 5.92 Å². The van der Waals surface area contributed by atoms with Gasteiger partial charge in [-0.15, -0.1) is 0 Å². The van der Waals surface area contributed by atoms with E-state index < -0.39 is 5.54 Å². The minimum Gasteiger partial charge on any atom is -0.317 e. The van der Waals surface area contributed by atoms with Crippen LogP contribution in [-0.2, 0) is 4.79 Å². The van der Waals surface area contributed by atoms with Gasteiger partial charge in [-0.25, -0.2) is 0 Å². The van der Waals surface area contributed by atoms with E-state index in [2.05, 4.69) is 24.5 Å². The van der Waals surface area contributed by atoms with Gasteiger partial charge in [-0.1, -0.05) is 11.1 Å². The topological polar surface area (TPSA) is 53.5 Å². The molecule has 4 heteroatoms. The fraction of sp³-hybridized carbons (Fsp3) is 0.750.